The van der Waals surface area contributed by atoms with Gasteiger partial charge in [0, 0.05) is 37.5 Å². The molecule has 0 aliphatic heterocycles. The molecule has 92 valence electrons. The monoisotopic (exact) mass is 234 g/mol. The molecule has 0 aliphatic rings. The molecule has 17 heavy (non-hydrogen) atoms. The number of hydrogen-bond acceptors (Lipinski definition) is 4. The van der Waals surface area contributed by atoms with Crippen LogP contribution in [0.2, 0.25) is 0 Å². The molecule has 0 saturated heterocycles. The van der Waals surface area contributed by atoms with Crippen LogP contribution in [0.3, 0.4) is 0 Å². The maximum Gasteiger partial charge on any atom is 0.133 e. The van der Waals surface area contributed by atoms with Gasteiger partial charge in [-0.05, 0) is 20.8 Å². The van der Waals surface area contributed by atoms with Crippen molar-refractivity contribution in [1.82, 2.24) is 20.3 Å². The lowest BCUT2D eigenvalue weighted by Crippen LogP contribution is -2.18. The summed E-state index contributed by atoms with van der Waals surface area (Å²) in [6.07, 6.45) is 2.04. The second-order valence-electron chi connectivity index (χ2n) is 4.38. The molecule has 1 unspecified atom stereocenters. The summed E-state index contributed by atoms with van der Waals surface area (Å²) in [6, 6.07) is 2.19. The molecule has 0 amide bonds. The molecule has 1 N–H and O–H groups in total. The summed E-state index contributed by atoms with van der Waals surface area (Å²) in [5.74, 6) is 0.840. The van der Waals surface area contributed by atoms with Crippen molar-refractivity contribution in [3.05, 3.63) is 35.0 Å². The summed E-state index contributed by atoms with van der Waals surface area (Å²) in [4.78, 5) is 0. The number of aryl methyl sites for hydroxylation is 3. The predicted molar refractivity (Wildman–Crippen MR) is 64.4 cm³/mol. The molecule has 2 heterocycles. The summed E-state index contributed by atoms with van der Waals surface area (Å²) in [5, 5.41) is 11.7. The highest BCUT2D eigenvalue weighted by molar-refractivity contribution is 5.19. The minimum atomic E-state index is 0.251. The smallest absolute Gasteiger partial charge is 0.133 e. The summed E-state index contributed by atoms with van der Waals surface area (Å²) in [7, 11) is 1.93. The fourth-order valence-electron chi connectivity index (χ4n) is 1.91. The summed E-state index contributed by atoms with van der Waals surface area (Å²) < 4.78 is 6.86. The van der Waals surface area contributed by atoms with Crippen LogP contribution in [0, 0.1) is 13.8 Å². The normalized spacial score (nSPS) is 12.9. The van der Waals surface area contributed by atoms with E-state index in [-0.39, 0.29) is 6.04 Å². The predicted octanol–water partition coefficient (Wildman–Crippen LogP) is 1.88. The van der Waals surface area contributed by atoms with E-state index in [0.29, 0.717) is 6.54 Å². The van der Waals surface area contributed by atoms with Crippen molar-refractivity contribution < 1.29 is 4.52 Å². The van der Waals surface area contributed by atoms with Crippen LogP contribution in [0.1, 0.15) is 35.7 Å². The van der Waals surface area contributed by atoms with Crippen LogP contribution in [0.5, 0.6) is 0 Å². The van der Waals surface area contributed by atoms with E-state index in [4.69, 9.17) is 4.52 Å². The molecule has 5 heteroatoms. The van der Waals surface area contributed by atoms with Crippen molar-refractivity contribution in [3.8, 4) is 0 Å². The molecule has 2 aromatic rings. The molecular formula is C12H18N4O. The Morgan fingerprint density at radius 1 is 1.47 bits per heavy atom. The Kier molecular flexibility index (Phi) is 3.28. The van der Waals surface area contributed by atoms with Gasteiger partial charge >= 0.3 is 0 Å². The third kappa shape index (κ3) is 2.74. The van der Waals surface area contributed by atoms with Crippen molar-refractivity contribution >= 4 is 0 Å². The third-order valence-corrected chi connectivity index (χ3v) is 2.78. The topological polar surface area (TPSA) is 55.9 Å². The molecule has 0 aromatic carbocycles. The molecule has 0 spiro atoms. The average molecular weight is 234 g/mol. The van der Waals surface area contributed by atoms with Crippen LogP contribution >= 0.6 is 0 Å². The van der Waals surface area contributed by atoms with Crippen LogP contribution in [-0.4, -0.2) is 14.9 Å². The van der Waals surface area contributed by atoms with E-state index in [1.807, 2.05) is 37.8 Å². The molecule has 0 aliphatic carbocycles. The molecule has 2 aromatic heterocycles. The zero-order valence-electron chi connectivity index (χ0n) is 10.7. The van der Waals surface area contributed by atoms with E-state index >= 15 is 0 Å². The molecular weight excluding hydrogens is 216 g/mol. The number of hydrogen-bond donors (Lipinski definition) is 1. The number of nitrogens with one attached hydrogen (secondary N) is 1. The Morgan fingerprint density at radius 3 is 2.76 bits per heavy atom. The molecule has 0 bridgehead atoms. The maximum atomic E-state index is 5.02. The Hall–Kier alpha value is -1.62. The second kappa shape index (κ2) is 4.71. The van der Waals surface area contributed by atoms with E-state index in [1.54, 1.807) is 0 Å². The van der Waals surface area contributed by atoms with Crippen molar-refractivity contribution in [2.75, 3.05) is 0 Å². The fourth-order valence-corrected chi connectivity index (χ4v) is 1.91. The van der Waals surface area contributed by atoms with Gasteiger partial charge in [-0.1, -0.05) is 5.16 Å². The average Bonchev–Trinajstić information content (AvgIpc) is 2.81. The Labute approximate surface area is 101 Å². The van der Waals surface area contributed by atoms with Gasteiger partial charge in [-0.25, -0.2) is 0 Å². The molecule has 0 fully saturated rings. The third-order valence-electron chi connectivity index (χ3n) is 2.78. The molecule has 0 saturated carbocycles. The Bertz CT molecular complexity index is 500. The highest BCUT2D eigenvalue weighted by Gasteiger charge is 2.11. The first-order chi connectivity index (χ1) is 8.06. The summed E-state index contributed by atoms with van der Waals surface area (Å²) >= 11 is 0. The largest absolute Gasteiger partial charge is 0.361 e. The van der Waals surface area contributed by atoms with E-state index in [2.05, 4.69) is 22.5 Å². The zero-order chi connectivity index (χ0) is 12.4. The molecule has 1 atom stereocenters. The van der Waals surface area contributed by atoms with Crippen molar-refractivity contribution in [2.24, 2.45) is 7.05 Å². The van der Waals surface area contributed by atoms with E-state index in [9.17, 15) is 0 Å². The quantitative estimate of drug-likeness (QED) is 0.877. The summed E-state index contributed by atoms with van der Waals surface area (Å²) in [6.45, 7) is 6.74. The van der Waals surface area contributed by atoms with Crippen LogP contribution < -0.4 is 5.32 Å². The van der Waals surface area contributed by atoms with Crippen LogP contribution in [-0.2, 0) is 13.6 Å². The second-order valence-corrected chi connectivity index (χ2v) is 4.38. The van der Waals surface area contributed by atoms with E-state index < -0.39 is 0 Å². The van der Waals surface area contributed by atoms with Gasteiger partial charge in [-0.3, -0.25) is 4.68 Å². The van der Waals surface area contributed by atoms with Gasteiger partial charge in [0.15, 0.2) is 0 Å². The van der Waals surface area contributed by atoms with Gasteiger partial charge in [-0.15, -0.1) is 0 Å². The minimum Gasteiger partial charge on any atom is -0.361 e. The Balaban J connectivity index is 1.97. The van der Waals surface area contributed by atoms with Gasteiger partial charge in [-0.2, -0.15) is 5.10 Å². The lowest BCUT2D eigenvalue weighted by atomic mass is 10.1. The van der Waals surface area contributed by atoms with E-state index in [1.165, 1.54) is 5.56 Å². The highest BCUT2D eigenvalue weighted by Crippen LogP contribution is 2.16. The Morgan fingerprint density at radius 2 is 2.24 bits per heavy atom. The van der Waals surface area contributed by atoms with Crippen LogP contribution in [0.25, 0.3) is 0 Å². The van der Waals surface area contributed by atoms with Gasteiger partial charge in [0.25, 0.3) is 0 Å². The van der Waals surface area contributed by atoms with Gasteiger partial charge in [0.1, 0.15) is 5.76 Å². The fraction of sp³-hybridized carbons (Fsp3) is 0.500. The number of nitrogens with zero attached hydrogens (tertiary/aromatic N) is 3. The first-order valence-electron chi connectivity index (χ1n) is 5.72. The summed E-state index contributed by atoms with van der Waals surface area (Å²) in [5.41, 5.74) is 3.20. The van der Waals surface area contributed by atoms with Crippen molar-refractivity contribution in [2.45, 2.75) is 33.4 Å². The van der Waals surface area contributed by atoms with Gasteiger partial charge < -0.3 is 9.84 Å². The van der Waals surface area contributed by atoms with E-state index in [0.717, 1.165) is 17.1 Å². The SMILES string of the molecule is Cc1cc(CNC(C)c2cn(C)nc2C)no1. The van der Waals surface area contributed by atoms with Crippen molar-refractivity contribution in [3.63, 3.8) is 0 Å². The number of aromatic nitrogens is 3. The zero-order valence-corrected chi connectivity index (χ0v) is 10.7. The van der Waals surface area contributed by atoms with Gasteiger partial charge in [0.2, 0.25) is 0 Å². The lowest BCUT2D eigenvalue weighted by molar-refractivity contribution is 0.386. The maximum absolute atomic E-state index is 5.02. The minimum absolute atomic E-state index is 0.251. The molecule has 5 nitrogen and oxygen atoms in total. The van der Waals surface area contributed by atoms with Crippen LogP contribution in [0.15, 0.2) is 16.8 Å². The lowest BCUT2D eigenvalue weighted by Gasteiger charge is -2.11. The van der Waals surface area contributed by atoms with Gasteiger partial charge in [0.05, 0.1) is 11.4 Å². The first kappa shape index (κ1) is 11.9. The first-order valence-corrected chi connectivity index (χ1v) is 5.72. The molecule has 2 rings (SSSR count). The number of rotatable bonds is 4. The van der Waals surface area contributed by atoms with Crippen molar-refractivity contribution in [1.29, 1.82) is 0 Å². The van der Waals surface area contributed by atoms with Crippen LogP contribution in [0.4, 0.5) is 0 Å². The highest BCUT2D eigenvalue weighted by atomic mass is 16.5. The standard InChI is InChI=1S/C12H18N4O/c1-8-5-11(15-17-8)6-13-9(2)12-7-16(4)14-10(12)3/h5,7,9,13H,6H2,1-4H3. The molecule has 0 radical (unpaired) electrons.